The molecule has 0 N–H and O–H groups in total. The summed E-state index contributed by atoms with van der Waals surface area (Å²) in [4.78, 5) is 7.21. The smallest absolute Gasteiger partial charge is 0.158 e. The first-order valence-electron chi connectivity index (χ1n) is 7.66. The maximum absolute atomic E-state index is 6.40. The number of aryl methyl sites for hydroxylation is 2. The number of likely N-dealkylation sites (tertiary alicyclic amines) is 1. The quantitative estimate of drug-likeness (QED) is 0.800. The van der Waals surface area contributed by atoms with Crippen molar-refractivity contribution in [2.24, 2.45) is 7.05 Å². The van der Waals surface area contributed by atoms with Gasteiger partial charge in [0.2, 0.25) is 0 Å². The van der Waals surface area contributed by atoms with Crippen molar-refractivity contribution in [1.29, 1.82) is 0 Å². The molecule has 1 aliphatic heterocycles. The van der Waals surface area contributed by atoms with E-state index in [1.165, 1.54) is 0 Å². The number of hydrogen-bond acceptors (Lipinski definition) is 3. The van der Waals surface area contributed by atoms with Gasteiger partial charge in [0.1, 0.15) is 11.3 Å². The minimum atomic E-state index is -0.0910. The number of nitrogens with zero attached hydrogens (tertiary/aromatic N) is 5. The highest BCUT2D eigenvalue weighted by Crippen LogP contribution is 2.34. The number of imidazole rings is 1. The molecular weight excluding hydrogens is 286 g/mol. The lowest BCUT2D eigenvalue weighted by Crippen LogP contribution is -2.39. The van der Waals surface area contributed by atoms with E-state index in [1.54, 1.807) is 0 Å². The van der Waals surface area contributed by atoms with Crippen molar-refractivity contribution >= 4 is 22.8 Å². The Morgan fingerprint density at radius 1 is 1.33 bits per heavy atom. The summed E-state index contributed by atoms with van der Waals surface area (Å²) < 4.78 is 4.29. The van der Waals surface area contributed by atoms with Crippen LogP contribution in [0, 0.1) is 6.92 Å². The standard InChI is InChI=1S/C15H24ClN5/c1-9-8-12(6-7-19(9)4)21-14(10(2)16)17-13-11(3)18-20(5)15(13)21/h9-10,12H,6-8H2,1-5H3. The number of alkyl halides is 1. The monoisotopic (exact) mass is 309 g/mol. The maximum atomic E-state index is 6.40. The number of hydrogen-bond donors (Lipinski definition) is 0. The second kappa shape index (κ2) is 5.29. The first-order chi connectivity index (χ1) is 9.90. The van der Waals surface area contributed by atoms with Crippen LogP contribution in [0.25, 0.3) is 11.2 Å². The van der Waals surface area contributed by atoms with Crippen molar-refractivity contribution in [2.45, 2.75) is 51.1 Å². The lowest BCUT2D eigenvalue weighted by molar-refractivity contribution is 0.156. The molecule has 3 atom stereocenters. The first kappa shape index (κ1) is 14.9. The fourth-order valence-electron chi connectivity index (χ4n) is 3.45. The summed E-state index contributed by atoms with van der Waals surface area (Å²) >= 11 is 6.40. The Bertz CT molecular complexity index is 657. The molecule has 1 fully saturated rings. The number of rotatable bonds is 2. The van der Waals surface area contributed by atoms with E-state index in [2.05, 4.69) is 28.5 Å². The second-order valence-electron chi connectivity index (χ2n) is 6.35. The predicted octanol–water partition coefficient (Wildman–Crippen LogP) is 3.03. The molecule has 2 aromatic rings. The third kappa shape index (κ3) is 2.36. The van der Waals surface area contributed by atoms with Crippen LogP contribution >= 0.6 is 11.6 Å². The summed E-state index contributed by atoms with van der Waals surface area (Å²) in [6, 6.07) is 1.03. The molecule has 0 bridgehead atoms. The number of halogens is 1. The zero-order chi connectivity index (χ0) is 15.3. The van der Waals surface area contributed by atoms with Crippen LogP contribution in [0.2, 0.25) is 0 Å². The van der Waals surface area contributed by atoms with Crippen LogP contribution in [-0.2, 0) is 7.05 Å². The zero-order valence-electron chi connectivity index (χ0n) is 13.5. The molecule has 0 aromatic carbocycles. The molecule has 0 saturated carbocycles. The fourth-order valence-corrected chi connectivity index (χ4v) is 3.61. The van der Waals surface area contributed by atoms with E-state index in [-0.39, 0.29) is 5.38 Å². The van der Waals surface area contributed by atoms with Crippen LogP contribution in [0.1, 0.15) is 49.6 Å². The van der Waals surface area contributed by atoms with Gasteiger partial charge in [0.05, 0.1) is 11.1 Å². The van der Waals surface area contributed by atoms with Gasteiger partial charge < -0.3 is 9.47 Å². The summed E-state index contributed by atoms with van der Waals surface area (Å²) in [6.45, 7) is 7.41. The van der Waals surface area contributed by atoms with Crippen LogP contribution in [-0.4, -0.2) is 43.9 Å². The lowest BCUT2D eigenvalue weighted by Gasteiger charge is -2.36. The van der Waals surface area contributed by atoms with E-state index >= 15 is 0 Å². The van der Waals surface area contributed by atoms with Gasteiger partial charge in [0.15, 0.2) is 5.65 Å². The molecule has 0 amide bonds. The maximum Gasteiger partial charge on any atom is 0.158 e. The van der Waals surface area contributed by atoms with E-state index < -0.39 is 0 Å². The SMILES string of the molecule is Cc1nn(C)c2c1nc(C(C)Cl)n2C1CCN(C)C(C)C1. The van der Waals surface area contributed by atoms with E-state index in [0.717, 1.165) is 42.1 Å². The Labute approximate surface area is 130 Å². The number of piperidine rings is 1. The minimum absolute atomic E-state index is 0.0910. The Morgan fingerprint density at radius 2 is 2.05 bits per heavy atom. The number of aromatic nitrogens is 4. The Morgan fingerprint density at radius 3 is 2.67 bits per heavy atom. The molecule has 3 unspecified atom stereocenters. The molecule has 5 nitrogen and oxygen atoms in total. The zero-order valence-corrected chi connectivity index (χ0v) is 14.2. The Kier molecular flexibility index (Phi) is 3.74. The molecule has 2 aromatic heterocycles. The van der Waals surface area contributed by atoms with Crippen molar-refractivity contribution in [3.8, 4) is 0 Å². The van der Waals surface area contributed by atoms with Gasteiger partial charge in [-0.3, -0.25) is 4.68 Å². The molecule has 3 rings (SSSR count). The topological polar surface area (TPSA) is 38.9 Å². The lowest BCUT2D eigenvalue weighted by atomic mass is 9.98. The molecule has 0 aliphatic carbocycles. The molecule has 3 heterocycles. The van der Waals surface area contributed by atoms with Crippen molar-refractivity contribution in [2.75, 3.05) is 13.6 Å². The highest BCUT2D eigenvalue weighted by Gasteiger charge is 2.30. The molecule has 0 spiro atoms. The summed E-state index contributed by atoms with van der Waals surface area (Å²) in [5.74, 6) is 0.976. The van der Waals surface area contributed by atoms with Crippen LogP contribution in [0.15, 0.2) is 0 Å². The fraction of sp³-hybridized carbons (Fsp3) is 0.733. The molecule has 1 saturated heterocycles. The summed E-state index contributed by atoms with van der Waals surface area (Å²) in [5.41, 5.74) is 3.08. The van der Waals surface area contributed by atoms with Gasteiger partial charge in [0.25, 0.3) is 0 Å². The van der Waals surface area contributed by atoms with Crippen LogP contribution < -0.4 is 0 Å². The third-order valence-corrected chi connectivity index (χ3v) is 4.96. The van der Waals surface area contributed by atoms with Crippen LogP contribution in [0.3, 0.4) is 0 Å². The van der Waals surface area contributed by atoms with Crippen molar-refractivity contribution in [1.82, 2.24) is 24.2 Å². The van der Waals surface area contributed by atoms with Gasteiger partial charge in [-0.05, 0) is 40.7 Å². The van der Waals surface area contributed by atoms with Gasteiger partial charge in [-0.1, -0.05) is 0 Å². The second-order valence-corrected chi connectivity index (χ2v) is 7.00. The van der Waals surface area contributed by atoms with Gasteiger partial charge in [0, 0.05) is 25.7 Å². The summed E-state index contributed by atoms with van der Waals surface area (Å²) in [6.07, 6.45) is 2.26. The first-order valence-corrected chi connectivity index (χ1v) is 8.09. The Balaban J connectivity index is 2.13. The summed E-state index contributed by atoms with van der Waals surface area (Å²) in [7, 11) is 4.19. The van der Waals surface area contributed by atoms with E-state index in [1.807, 2.05) is 25.6 Å². The average Bonchev–Trinajstić information content (AvgIpc) is 2.93. The van der Waals surface area contributed by atoms with Gasteiger partial charge in [-0.2, -0.15) is 5.10 Å². The third-order valence-electron chi connectivity index (χ3n) is 4.76. The van der Waals surface area contributed by atoms with E-state index in [9.17, 15) is 0 Å². The van der Waals surface area contributed by atoms with Gasteiger partial charge in [-0.25, -0.2) is 4.98 Å². The minimum Gasteiger partial charge on any atom is -0.308 e. The highest BCUT2D eigenvalue weighted by molar-refractivity contribution is 6.20. The van der Waals surface area contributed by atoms with Crippen LogP contribution in [0.5, 0.6) is 0 Å². The van der Waals surface area contributed by atoms with Crippen molar-refractivity contribution in [3.05, 3.63) is 11.5 Å². The predicted molar refractivity (Wildman–Crippen MR) is 85.9 cm³/mol. The molecule has 6 heteroatoms. The number of fused-ring (bicyclic) bond motifs is 1. The van der Waals surface area contributed by atoms with Gasteiger partial charge in [-0.15, -0.1) is 11.6 Å². The van der Waals surface area contributed by atoms with Crippen molar-refractivity contribution < 1.29 is 0 Å². The normalized spacial score (nSPS) is 25.6. The molecule has 116 valence electrons. The van der Waals surface area contributed by atoms with Gasteiger partial charge >= 0.3 is 0 Å². The molecule has 1 aliphatic rings. The van der Waals surface area contributed by atoms with E-state index in [0.29, 0.717) is 12.1 Å². The molecular formula is C15H24ClN5. The van der Waals surface area contributed by atoms with Crippen molar-refractivity contribution in [3.63, 3.8) is 0 Å². The largest absolute Gasteiger partial charge is 0.308 e. The summed E-state index contributed by atoms with van der Waals surface area (Å²) in [5, 5.41) is 4.43. The Hall–Kier alpha value is -1.07. The molecule has 21 heavy (non-hydrogen) atoms. The van der Waals surface area contributed by atoms with Crippen LogP contribution in [0.4, 0.5) is 0 Å². The highest BCUT2D eigenvalue weighted by atomic mass is 35.5. The molecule has 0 radical (unpaired) electrons. The van der Waals surface area contributed by atoms with E-state index in [4.69, 9.17) is 16.6 Å². The average molecular weight is 310 g/mol.